The first-order chi connectivity index (χ1) is 9.19. The Morgan fingerprint density at radius 2 is 2.00 bits per heavy atom. The lowest BCUT2D eigenvalue weighted by Gasteiger charge is -2.55. The fourth-order valence-corrected chi connectivity index (χ4v) is 4.48. The molecule has 19 heavy (non-hydrogen) atoms. The third-order valence-electron chi connectivity index (χ3n) is 5.56. The summed E-state index contributed by atoms with van der Waals surface area (Å²) in [6, 6.07) is 0.682. The lowest BCUT2D eigenvalue weighted by Crippen LogP contribution is -2.65. The average Bonchev–Trinajstić information content (AvgIpc) is 2.86. The highest BCUT2D eigenvalue weighted by atomic mass is 16.5. The van der Waals surface area contributed by atoms with E-state index in [-0.39, 0.29) is 0 Å². The van der Waals surface area contributed by atoms with Crippen molar-refractivity contribution in [1.29, 1.82) is 0 Å². The molecule has 2 heterocycles. The Balaban J connectivity index is 1.36. The molecule has 0 aromatic heterocycles. The van der Waals surface area contributed by atoms with Crippen molar-refractivity contribution in [1.82, 2.24) is 10.2 Å². The van der Waals surface area contributed by atoms with E-state index in [2.05, 4.69) is 24.1 Å². The number of nitrogens with zero attached hydrogens (tertiary/aromatic N) is 1. The number of nitrogens with one attached hydrogen (secondary N) is 1. The van der Waals surface area contributed by atoms with Crippen LogP contribution >= 0.6 is 0 Å². The number of hydrogen-bond donors (Lipinski definition) is 1. The molecule has 0 aromatic rings. The molecule has 3 atom stereocenters. The standard InChI is InChI=1S/C16H30N2O/c1-16(2)14(13-7-12-19-15(13)16)17-8-6-11-18-9-4-3-5-10-18/h13-15,17H,3-12H2,1-2H3. The maximum atomic E-state index is 5.85. The van der Waals surface area contributed by atoms with E-state index in [4.69, 9.17) is 4.74 Å². The van der Waals surface area contributed by atoms with Crippen LogP contribution in [-0.4, -0.2) is 49.8 Å². The van der Waals surface area contributed by atoms with Gasteiger partial charge in [-0.25, -0.2) is 0 Å². The lowest BCUT2D eigenvalue weighted by molar-refractivity contribution is -0.112. The Morgan fingerprint density at radius 1 is 1.21 bits per heavy atom. The van der Waals surface area contributed by atoms with Crippen LogP contribution in [0.5, 0.6) is 0 Å². The summed E-state index contributed by atoms with van der Waals surface area (Å²) >= 11 is 0. The van der Waals surface area contributed by atoms with Crippen LogP contribution < -0.4 is 5.32 Å². The Labute approximate surface area is 118 Å². The summed E-state index contributed by atoms with van der Waals surface area (Å²) in [5.74, 6) is 0.782. The second-order valence-corrected chi connectivity index (χ2v) is 7.25. The number of piperidine rings is 1. The molecule has 3 fully saturated rings. The van der Waals surface area contributed by atoms with Crippen LogP contribution in [0.1, 0.15) is 46.0 Å². The van der Waals surface area contributed by atoms with Crippen LogP contribution in [0.15, 0.2) is 0 Å². The zero-order valence-electron chi connectivity index (χ0n) is 12.7. The summed E-state index contributed by atoms with van der Waals surface area (Å²) in [5, 5.41) is 3.81. The predicted molar refractivity (Wildman–Crippen MR) is 78.3 cm³/mol. The number of fused-ring (bicyclic) bond motifs is 1. The van der Waals surface area contributed by atoms with E-state index in [1.807, 2.05) is 0 Å². The maximum absolute atomic E-state index is 5.85. The van der Waals surface area contributed by atoms with Crippen LogP contribution in [0.25, 0.3) is 0 Å². The molecule has 0 radical (unpaired) electrons. The highest BCUT2D eigenvalue weighted by Gasteiger charge is 2.58. The monoisotopic (exact) mass is 266 g/mol. The Kier molecular flexibility index (Phi) is 4.16. The molecule has 0 amide bonds. The normalized spacial score (nSPS) is 37.9. The van der Waals surface area contributed by atoms with Crippen molar-refractivity contribution in [3.8, 4) is 0 Å². The summed E-state index contributed by atoms with van der Waals surface area (Å²) < 4.78 is 5.85. The van der Waals surface area contributed by atoms with Crippen LogP contribution in [0.4, 0.5) is 0 Å². The van der Waals surface area contributed by atoms with Crippen molar-refractivity contribution in [2.45, 2.75) is 58.1 Å². The van der Waals surface area contributed by atoms with Gasteiger partial charge >= 0.3 is 0 Å². The molecule has 3 unspecified atom stereocenters. The van der Waals surface area contributed by atoms with Crippen molar-refractivity contribution in [2.75, 3.05) is 32.8 Å². The Morgan fingerprint density at radius 3 is 2.79 bits per heavy atom. The first-order valence-electron chi connectivity index (χ1n) is 8.27. The molecule has 1 saturated carbocycles. The van der Waals surface area contributed by atoms with E-state index in [1.165, 1.54) is 58.3 Å². The molecule has 1 N–H and O–H groups in total. The van der Waals surface area contributed by atoms with Gasteiger partial charge in [0, 0.05) is 24.0 Å². The van der Waals surface area contributed by atoms with Crippen LogP contribution in [0, 0.1) is 11.3 Å². The van der Waals surface area contributed by atoms with Crippen molar-refractivity contribution >= 4 is 0 Å². The van der Waals surface area contributed by atoms with E-state index >= 15 is 0 Å². The highest BCUT2D eigenvalue weighted by molar-refractivity contribution is 5.11. The minimum absolute atomic E-state index is 0.340. The fourth-order valence-electron chi connectivity index (χ4n) is 4.48. The van der Waals surface area contributed by atoms with Gasteiger partial charge in [-0.15, -0.1) is 0 Å². The third kappa shape index (κ3) is 2.70. The van der Waals surface area contributed by atoms with Gasteiger partial charge in [0.1, 0.15) is 0 Å². The van der Waals surface area contributed by atoms with Gasteiger partial charge in [-0.1, -0.05) is 20.3 Å². The molecule has 110 valence electrons. The second-order valence-electron chi connectivity index (χ2n) is 7.25. The molecule has 0 spiro atoms. The first-order valence-corrected chi connectivity index (χ1v) is 8.27. The molecule has 2 saturated heterocycles. The van der Waals surface area contributed by atoms with E-state index < -0.39 is 0 Å². The molecule has 3 heteroatoms. The molecule has 3 rings (SSSR count). The van der Waals surface area contributed by atoms with Gasteiger partial charge in [-0.3, -0.25) is 0 Å². The van der Waals surface area contributed by atoms with Gasteiger partial charge < -0.3 is 15.0 Å². The van der Waals surface area contributed by atoms with Crippen LogP contribution in [0.3, 0.4) is 0 Å². The average molecular weight is 266 g/mol. The molecular weight excluding hydrogens is 236 g/mol. The lowest BCUT2D eigenvalue weighted by atomic mass is 9.57. The van der Waals surface area contributed by atoms with E-state index in [0.717, 1.165) is 12.5 Å². The predicted octanol–water partition coefficient (Wildman–Crippen LogP) is 2.27. The summed E-state index contributed by atoms with van der Waals surface area (Å²) in [4.78, 5) is 2.64. The number of hydrogen-bond acceptors (Lipinski definition) is 3. The maximum Gasteiger partial charge on any atom is 0.0685 e. The van der Waals surface area contributed by atoms with Gasteiger partial charge in [0.2, 0.25) is 0 Å². The van der Waals surface area contributed by atoms with Crippen LogP contribution in [-0.2, 0) is 4.74 Å². The molecule has 0 aromatic carbocycles. The van der Waals surface area contributed by atoms with Crippen molar-refractivity contribution in [3.63, 3.8) is 0 Å². The smallest absolute Gasteiger partial charge is 0.0685 e. The third-order valence-corrected chi connectivity index (χ3v) is 5.56. The quantitative estimate of drug-likeness (QED) is 0.773. The number of likely N-dealkylation sites (tertiary alicyclic amines) is 1. The SMILES string of the molecule is CC1(C)C(NCCCN2CCCCC2)C2CCOC21. The fraction of sp³-hybridized carbons (Fsp3) is 1.00. The van der Waals surface area contributed by atoms with Gasteiger partial charge in [0.05, 0.1) is 6.10 Å². The largest absolute Gasteiger partial charge is 0.377 e. The summed E-state index contributed by atoms with van der Waals surface area (Å²) in [7, 11) is 0. The van der Waals surface area contributed by atoms with Crippen molar-refractivity contribution in [3.05, 3.63) is 0 Å². The van der Waals surface area contributed by atoms with Gasteiger partial charge in [-0.05, 0) is 51.9 Å². The minimum atomic E-state index is 0.340. The molecule has 0 bridgehead atoms. The van der Waals surface area contributed by atoms with Crippen LogP contribution in [0.2, 0.25) is 0 Å². The minimum Gasteiger partial charge on any atom is -0.377 e. The van der Waals surface area contributed by atoms with Gasteiger partial charge in [0.25, 0.3) is 0 Å². The first kappa shape index (κ1) is 13.8. The van der Waals surface area contributed by atoms with E-state index in [0.29, 0.717) is 17.6 Å². The van der Waals surface area contributed by atoms with Crippen molar-refractivity contribution < 1.29 is 4.74 Å². The summed E-state index contributed by atoms with van der Waals surface area (Å²) in [6.45, 7) is 10.8. The van der Waals surface area contributed by atoms with E-state index in [9.17, 15) is 0 Å². The van der Waals surface area contributed by atoms with Crippen molar-refractivity contribution in [2.24, 2.45) is 11.3 Å². The van der Waals surface area contributed by atoms with Gasteiger partial charge in [-0.2, -0.15) is 0 Å². The molecular formula is C16H30N2O. The highest BCUT2D eigenvalue weighted by Crippen LogP contribution is 2.51. The Bertz CT molecular complexity index is 299. The zero-order valence-corrected chi connectivity index (χ0v) is 12.7. The number of ether oxygens (including phenoxy) is 1. The molecule has 1 aliphatic carbocycles. The summed E-state index contributed by atoms with van der Waals surface area (Å²) in [5.41, 5.74) is 0.340. The molecule has 3 aliphatic rings. The molecule has 2 aliphatic heterocycles. The zero-order chi connectivity index (χ0) is 13.3. The van der Waals surface area contributed by atoms with E-state index in [1.54, 1.807) is 0 Å². The number of rotatable bonds is 5. The molecule has 3 nitrogen and oxygen atoms in total. The summed E-state index contributed by atoms with van der Waals surface area (Å²) in [6.07, 6.45) is 7.33. The second kappa shape index (κ2) is 5.71. The Hall–Kier alpha value is -0.120. The topological polar surface area (TPSA) is 24.5 Å². The van der Waals surface area contributed by atoms with Gasteiger partial charge in [0.15, 0.2) is 0 Å².